The third-order valence-electron chi connectivity index (χ3n) is 6.95. The van der Waals surface area contributed by atoms with Crippen molar-refractivity contribution < 1.29 is 18.3 Å². The number of hydrogen-bond acceptors (Lipinski definition) is 5. The topological polar surface area (TPSA) is 104 Å². The summed E-state index contributed by atoms with van der Waals surface area (Å²) in [5.74, 6) is -0.350. The van der Waals surface area contributed by atoms with Crippen molar-refractivity contribution in [2.24, 2.45) is 0 Å². The number of anilines is 1. The van der Waals surface area contributed by atoms with Crippen LogP contribution in [0, 0.1) is 0 Å². The first-order chi connectivity index (χ1) is 17.4. The van der Waals surface area contributed by atoms with Crippen LogP contribution in [0.2, 0.25) is 0 Å². The number of aromatic nitrogens is 1. The van der Waals surface area contributed by atoms with Crippen LogP contribution in [0.25, 0.3) is 10.9 Å². The zero-order chi connectivity index (χ0) is 27.0. The van der Waals surface area contributed by atoms with E-state index in [1.165, 1.54) is 4.31 Å². The van der Waals surface area contributed by atoms with Gasteiger partial charge in [0.1, 0.15) is 0 Å². The number of aliphatic hydroxyl groups is 1. The summed E-state index contributed by atoms with van der Waals surface area (Å²) in [6.45, 7) is 8.80. The molecule has 0 radical (unpaired) electrons. The number of β-amino-alcohol motifs (C(OH)–C–C–N with tert-alkyl or cyclic N) is 1. The SMILES string of the molecule is CCc1cn2c3c(cc(C(=O)N[C@@H](Cc4ccccc4)[C@H](O)CNC(C)(C)C)cc13)N(C)S(=O)(=O)CC2. The Kier molecular flexibility index (Phi) is 7.69. The molecule has 0 fully saturated rings. The molecule has 0 spiro atoms. The molecule has 1 aliphatic rings. The van der Waals surface area contributed by atoms with Gasteiger partial charge in [0.25, 0.3) is 5.91 Å². The Bertz CT molecular complexity index is 1380. The number of nitrogens with one attached hydrogen (secondary N) is 2. The molecule has 0 unspecified atom stereocenters. The summed E-state index contributed by atoms with van der Waals surface area (Å²) in [4.78, 5) is 13.6. The smallest absolute Gasteiger partial charge is 0.251 e. The largest absolute Gasteiger partial charge is 0.390 e. The fraction of sp³-hybridized carbons (Fsp3) is 0.464. The minimum absolute atomic E-state index is 0.00123. The van der Waals surface area contributed by atoms with Crippen LogP contribution in [-0.2, 0) is 29.4 Å². The summed E-state index contributed by atoms with van der Waals surface area (Å²) in [6.07, 6.45) is 2.38. The van der Waals surface area contributed by atoms with E-state index in [0.717, 1.165) is 28.5 Å². The fourth-order valence-electron chi connectivity index (χ4n) is 4.77. The van der Waals surface area contributed by atoms with Crippen molar-refractivity contribution in [2.75, 3.05) is 23.7 Å². The summed E-state index contributed by atoms with van der Waals surface area (Å²) >= 11 is 0. The molecule has 0 saturated heterocycles. The first-order valence-electron chi connectivity index (χ1n) is 12.8. The number of carbonyl (C=O) groups is 1. The van der Waals surface area contributed by atoms with Gasteiger partial charge < -0.3 is 20.3 Å². The van der Waals surface area contributed by atoms with Crippen LogP contribution in [0.1, 0.15) is 49.2 Å². The molecule has 0 bridgehead atoms. The van der Waals surface area contributed by atoms with Crippen molar-refractivity contribution in [1.29, 1.82) is 0 Å². The van der Waals surface area contributed by atoms with Gasteiger partial charge in [-0.25, -0.2) is 8.42 Å². The standard InChI is InChI=1S/C28H38N4O4S/c1-6-20-18-32-12-13-37(35,36)31(5)24-16-21(15-22(20)26(24)32)27(34)30-23(14-19-10-8-7-9-11-19)25(33)17-29-28(2,3)4/h7-11,15-16,18,23,25,29,33H,6,12-14,17H2,1-5H3,(H,30,34)/t23-,25+/m0/s1. The maximum atomic E-state index is 13.6. The molecule has 3 aromatic rings. The molecule has 2 heterocycles. The van der Waals surface area contributed by atoms with Gasteiger partial charge in [-0.3, -0.25) is 9.10 Å². The zero-order valence-electron chi connectivity index (χ0n) is 22.3. The maximum absolute atomic E-state index is 13.6. The Morgan fingerprint density at radius 3 is 2.51 bits per heavy atom. The zero-order valence-corrected chi connectivity index (χ0v) is 23.1. The Morgan fingerprint density at radius 1 is 1.16 bits per heavy atom. The molecule has 0 aliphatic carbocycles. The molecule has 200 valence electrons. The van der Waals surface area contributed by atoms with Gasteiger partial charge in [-0.2, -0.15) is 0 Å². The molecule has 1 amide bonds. The van der Waals surface area contributed by atoms with Crippen molar-refractivity contribution in [2.45, 2.75) is 64.8 Å². The Hall–Kier alpha value is -2.88. The highest BCUT2D eigenvalue weighted by molar-refractivity contribution is 7.92. The van der Waals surface area contributed by atoms with E-state index in [1.807, 2.05) is 74.9 Å². The van der Waals surface area contributed by atoms with E-state index in [1.54, 1.807) is 13.1 Å². The molecule has 0 saturated carbocycles. The average molecular weight is 527 g/mol. The van der Waals surface area contributed by atoms with Gasteiger partial charge in [0, 0.05) is 42.8 Å². The molecule has 9 heteroatoms. The van der Waals surface area contributed by atoms with E-state index < -0.39 is 22.2 Å². The molecule has 2 atom stereocenters. The molecule has 1 aliphatic heterocycles. The quantitative estimate of drug-likeness (QED) is 0.419. The first kappa shape index (κ1) is 27.2. The monoisotopic (exact) mass is 526 g/mol. The number of benzene rings is 2. The van der Waals surface area contributed by atoms with Crippen LogP contribution in [0.4, 0.5) is 5.69 Å². The molecule has 3 N–H and O–H groups in total. The van der Waals surface area contributed by atoms with Crippen molar-refractivity contribution in [3.05, 3.63) is 65.4 Å². The van der Waals surface area contributed by atoms with Gasteiger partial charge in [-0.05, 0) is 56.9 Å². The van der Waals surface area contributed by atoms with Crippen LogP contribution < -0.4 is 14.9 Å². The lowest BCUT2D eigenvalue weighted by atomic mass is 9.99. The normalized spacial score (nSPS) is 16.9. The maximum Gasteiger partial charge on any atom is 0.251 e. The molecule has 37 heavy (non-hydrogen) atoms. The van der Waals surface area contributed by atoms with E-state index in [-0.39, 0.29) is 17.2 Å². The number of rotatable bonds is 8. The predicted molar refractivity (Wildman–Crippen MR) is 149 cm³/mol. The number of sulfonamides is 1. The molecular weight excluding hydrogens is 488 g/mol. The van der Waals surface area contributed by atoms with Gasteiger partial charge in [-0.1, -0.05) is 37.3 Å². The number of aliphatic hydroxyl groups excluding tert-OH is 1. The molecule has 4 rings (SSSR count). The van der Waals surface area contributed by atoms with E-state index >= 15 is 0 Å². The van der Waals surface area contributed by atoms with Crippen molar-refractivity contribution in [1.82, 2.24) is 15.2 Å². The van der Waals surface area contributed by atoms with Gasteiger partial charge in [0.05, 0.1) is 29.1 Å². The average Bonchev–Trinajstić information content (AvgIpc) is 3.18. The van der Waals surface area contributed by atoms with Crippen LogP contribution in [0.3, 0.4) is 0 Å². The Morgan fingerprint density at radius 2 is 1.86 bits per heavy atom. The van der Waals surface area contributed by atoms with Crippen LogP contribution in [0.15, 0.2) is 48.7 Å². The number of nitrogens with zero attached hydrogens (tertiary/aromatic N) is 2. The number of aryl methyl sites for hydroxylation is 2. The van der Waals surface area contributed by atoms with Crippen LogP contribution in [0.5, 0.6) is 0 Å². The van der Waals surface area contributed by atoms with E-state index in [9.17, 15) is 18.3 Å². The number of amides is 1. The highest BCUT2D eigenvalue weighted by Gasteiger charge is 2.29. The molecule has 2 aromatic carbocycles. The second kappa shape index (κ2) is 10.5. The van der Waals surface area contributed by atoms with Gasteiger partial charge in [-0.15, -0.1) is 0 Å². The van der Waals surface area contributed by atoms with Crippen molar-refractivity contribution in [3.63, 3.8) is 0 Å². The highest BCUT2D eigenvalue weighted by Crippen LogP contribution is 2.35. The van der Waals surface area contributed by atoms with E-state index in [2.05, 4.69) is 10.6 Å². The summed E-state index contributed by atoms with van der Waals surface area (Å²) in [7, 11) is -1.97. The van der Waals surface area contributed by atoms with Gasteiger partial charge in [0.2, 0.25) is 10.0 Å². The van der Waals surface area contributed by atoms with Crippen LogP contribution in [-0.4, -0.2) is 61.0 Å². The number of carbonyl (C=O) groups excluding carboxylic acids is 1. The second-order valence-electron chi connectivity index (χ2n) is 10.8. The minimum atomic E-state index is -3.51. The van der Waals surface area contributed by atoms with E-state index in [4.69, 9.17) is 0 Å². The van der Waals surface area contributed by atoms with E-state index in [0.29, 0.717) is 30.8 Å². The van der Waals surface area contributed by atoms with Gasteiger partial charge in [0.15, 0.2) is 0 Å². The third kappa shape index (κ3) is 6.00. The summed E-state index contributed by atoms with van der Waals surface area (Å²) < 4.78 is 28.9. The second-order valence-corrected chi connectivity index (χ2v) is 13.0. The van der Waals surface area contributed by atoms with Gasteiger partial charge >= 0.3 is 0 Å². The fourth-order valence-corrected chi connectivity index (χ4v) is 5.91. The third-order valence-corrected chi connectivity index (χ3v) is 8.67. The lowest BCUT2D eigenvalue weighted by molar-refractivity contribution is 0.0817. The molecule has 1 aromatic heterocycles. The van der Waals surface area contributed by atoms with Crippen molar-refractivity contribution in [3.8, 4) is 0 Å². The summed E-state index contributed by atoms with van der Waals surface area (Å²) in [5, 5.41) is 18.3. The molecule has 8 nitrogen and oxygen atoms in total. The first-order valence-corrected chi connectivity index (χ1v) is 14.4. The lowest BCUT2D eigenvalue weighted by Gasteiger charge is -2.28. The summed E-state index contributed by atoms with van der Waals surface area (Å²) in [6, 6.07) is 12.7. The number of hydrogen-bond donors (Lipinski definition) is 3. The highest BCUT2D eigenvalue weighted by atomic mass is 32.2. The van der Waals surface area contributed by atoms with Crippen LogP contribution >= 0.6 is 0 Å². The summed E-state index contributed by atoms with van der Waals surface area (Å²) in [5.41, 5.74) is 3.57. The molecular formula is C28H38N4O4S. The lowest BCUT2D eigenvalue weighted by Crippen LogP contribution is -2.51. The van der Waals surface area contributed by atoms with Crippen molar-refractivity contribution >= 4 is 32.5 Å². The Labute approximate surface area is 219 Å². The Balaban J connectivity index is 1.70. The predicted octanol–water partition coefficient (Wildman–Crippen LogP) is 3.07. The minimum Gasteiger partial charge on any atom is -0.390 e.